The van der Waals surface area contributed by atoms with Gasteiger partial charge in [-0.15, -0.1) is 0 Å². The summed E-state index contributed by atoms with van der Waals surface area (Å²) in [4.78, 5) is 12.6. The summed E-state index contributed by atoms with van der Waals surface area (Å²) in [5, 5.41) is 2.77. The summed E-state index contributed by atoms with van der Waals surface area (Å²) in [5.41, 5.74) is 1.81. The van der Waals surface area contributed by atoms with Crippen LogP contribution in [0.1, 0.15) is 15.9 Å². The number of nitrogens with one attached hydrogen (secondary N) is 2. The Bertz CT molecular complexity index is 1130. The van der Waals surface area contributed by atoms with Crippen LogP contribution in [0.2, 0.25) is 0 Å². The molecule has 0 aliphatic rings. The summed E-state index contributed by atoms with van der Waals surface area (Å²) in [6.45, 7) is 0.225. The lowest BCUT2D eigenvalue weighted by Crippen LogP contribution is -2.27. The van der Waals surface area contributed by atoms with Crippen LogP contribution >= 0.6 is 15.9 Å². The lowest BCUT2D eigenvalue weighted by molar-refractivity contribution is 0.102. The molecule has 3 rings (SSSR count). The minimum atomic E-state index is -3.87. The van der Waals surface area contributed by atoms with Crippen molar-refractivity contribution < 1.29 is 17.9 Å². The largest absolute Gasteiger partial charge is 0.495 e. The van der Waals surface area contributed by atoms with Gasteiger partial charge in [-0.2, -0.15) is 0 Å². The van der Waals surface area contributed by atoms with Crippen molar-refractivity contribution >= 4 is 37.5 Å². The molecule has 2 N–H and O–H groups in total. The summed E-state index contributed by atoms with van der Waals surface area (Å²) in [7, 11) is -2.49. The van der Waals surface area contributed by atoms with Gasteiger partial charge >= 0.3 is 0 Å². The van der Waals surface area contributed by atoms with Crippen molar-refractivity contribution in [1.29, 1.82) is 0 Å². The second kappa shape index (κ2) is 9.88. The maximum absolute atomic E-state index is 12.9. The van der Waals surface area contributed by atoms with E-state index in [1.807, 2.05) is 36.4 Å². The van der Waals surface area contributed by atoms with Gasteiger partial charge < -0.3 is 10.1 Å². The van der Waals surface area contributed by atoms with Gasteiger partial charge in [-0.25, -0.2) is 13.1 Å². The summed E-state index contributed by atoms with van der Waals surface area (Å²) >= 11 is 3.37. The molecule has 8 heteroatoms. The van der Waals surface area contributed by atoms with Crippen molar-refractivity contribution in [3.8, 4) is 5.75 Å². The molecule has 0 unspecified atom stereocenters. The topological polar surface area (TPSA) is 84.5 Å². The van der Waals surface area contributed by atoms with E-state index < -0.39 is 15.9 Å². The highest BCUT2D eigenvalue weighted by atomic mass is 79.9. The van der Waals surface area contributed by atoms with Crippen molar-refractivity contribution in [3.05, 3.63) is 88.4 Å². The fourth-order valence-corrected chi connectivity index (χ4v) is 4.45. The molecule has 0 bridgehead atoms. The van der Waals surface area contributed by atoms with Gasteiger partial charge in [0.1, 0.15) is 10.6 Å². The quantitative estimate of drug-likeness (QED) is 0.496. The SMILES string of the molecule is COc1ccc(C(=O)Nc2ccccc2Br)cc1S(=O)(=O)NCCc1ccccc1. The molecule has 0 spiro atoms. The fourth-order valence-electron chi connectivity index (χ4n) is 2.84. The van der Waals surface area contributed by atoms with E-state index in [-0.39, 0.29) is 22.8 Å². The van der Waals surface area contributed by atoms with E-state index in [9.17, 15) is 13.2 Å². The van der Waals surface area contributed by atoms with Gasteiger partial charge in [-0.3, -0.25) is 4.79 Å². The smallest absolute Gasteiger partial charge is 0.255 e. The Kier molecular flexibility index (Phi) is 7.25. The Balaban J connectivity index is 1.79. The van der Waals surface area contributed by atoms with E-state index >= 15 is 0 Å². The van der Waals surface area contributed by atoms with E-state index in [0.717, 1.165) is 10.0 Å². The van der Waals surface area contributed by atoms with Crippen molar-refractivity contribution in [3.63, 3.8) is 0 Å². The molecule has 0 saturated heterocycles. The third kappa shape index (κ3) is 5.47. The van der Waals surface area contributed by atoms with Crippen molar-refractivity contribution in [1.82, 2.24) is 4.72 Å². The molecule has 0 fully saturated rings. The summed E-state index contributed by atoms with van der Waals surface area (Å²) in [6, 6.07) is 21.1. The summed E-state index contributed by atoms with van der Waals surface area (Å²) in [5.74, 6) is -0.259. The maximum Gasteiger partial charge on any atom is 0.255 e. The van der Waals surface area contributed by atoms with E-state index in [0.29, 0.717) is 12.1 Å². The van der Waals surface area contributed by atoms with E-state index in [4.69, 9.17) is 4.74 Å². The van der Waals surface area contributed by atoms with Gasteiger partial charge in [0.25, 0.3) is 5.91 Å². The number of benzene rings is 3. The van der Waals surface area contributed by atoms with Gasteiger partial charge in [-0.05, 0) is 58.2 Å². The second-order valence-electron chi connectivity index (χ2n) is 6.43. The van der Waals surface area contributed by atoms with Gasteiger partial charge in [0.2, 0.25) is 10.0 Å². The molecule has 0 heterocycles. The van der Waals surface area contributed by atoms with Crippen LogP contribution in [0, 0.1) is 0 Å². The van der Waals surface area contributed by atoms with Gasteiger partial charge in [0, 0.05) is 16.6 Å². The number of anilines is 1. The number of hydrogen-bond acceptors (Lipinski definition) is 4. The average Bonchev–Trinajstić information content (AvgIpc) is 2.75. The monoisotopic (exact) mass is 488 g/mol. The number of halogens is 1. The lowest BCUT2D eigenvalue weighted by Gasteiger charge is -2.13. The molecule has 0 aromatic heterocycles. The van der Waals surface area contributed by atoms with Gasteiger partial charge in [0.05, 0.1) is 12.8 Å². The van der Waals surface area contributed by atoms with E-state index in [1.165, 1.54) is 25.3 Å². The molecule has 30 heavy (non-hydrogen) atoms. The number of para-hydroxylation sites is 1. The molecule has 0 saturated carbocycles. The second-order valence-corrected chi connectivity index (χ2v) is 9.02. The third-order valence-electron chi connectivity index (χ3n) is 4.39. The highest BCUT2D eigenvalue weighted by molar-refractivity contribution is 9.10. The Labute approximate surface area is 184 Å². The molecule has 3 aromatic rings. The molecule has 0 aliphatic heterocycles. The highest BCUT2D eigenvalue weighted by Gasteiger charge is 2.21. The number of methoxy groups -OCH3 is 1. The average molecular weight is 489 g/mol. The zero-order valence-electron chi connectivity index (χ0n) is 16.3. The predicted molar refractivity (Wildman–Crippen MR) is 120 cm³/mol. The Morgan fingerprint density at radius 2 is 1.70 bits per heavy atom. The maximum atomic E-state index is 12.9. The van der Waals surface area contributed by atoms with Crippen LogP contribution in [0.25, 0.3) is 0 Å². The van der Waals surface area contributed by atoms with Gasteiger partial charge in [0.15, 0.2) is 0 Å². The minimum absolute atomic E-state index is 0.0853. The third-order valence-corrected chi connectivity index (χ3v) is 6.56. The lowest BCUT2D eigenvalue weighted by atomic mass is 10.2. The van der Waals surface area contributed by atoms with Crippen LogP contribution in [0.5, 0.6) is 5.75 Å². The number of carbonyl (C=O) groups is 1. The normalized spacial score (nSPS) is 11.1. The highest BCUT2D eigenvalue weighted by Crippen LogP contribution is 2.26. The Morgan fingerprint density at radius 1 is 1.00 bits per heavy atom. The Hall–Kier alpha value is -2.68. The zero-order chi connectivity index (χ0) is 21.6. The number of amides is 1. The van der Waals surface area contributed by atoms with Crippen LogP contribution in [0.4, 0.5) is 5.69 Å². The standard InChI is InChI=1S/C22H21BrN2O4S/c1-29-20-12-11-17(22(26)25-19-10-6-5-9-18(19)23)15-21(20)30(27,28)24-14-13-16-7-3-2-4-8-16/h2-12,15,24H,13-14H2,1H3,(H,25,26). The first-order valence-corrected chi connectivity index (χ1v) is 11.5. The van der Waals surface area contributed by atoms with Crippen molar-refractivity contribution in [2.45, 2.75) is 11.3 Å². The summed E-state index contributed by atoms with van der Waals surface area (Å²) < 4.78 is 34.2. The van der Waals surface area contributed by atoms with Crippen LogP contribution in [-0.2, 0) is 16.4 Å². The number of carbonyl (C=O) groups excluding carboxylic acids is 1. The zero-order valence-corrected chi connectivity index (χ0v) is 18.7. The minimum Gasteiger partial charge on any atom is -0.495 e. The van der Waals surface area contributed by atoms with Crippen LogP contribution in [0.3, 0.4) is 0 Å². The molecule has 1 amide bonds. The number of ether oxygens (including phenoxy) is 1. The van der Waals surface area contributed by atoms with Crippen molar-refractivity contribution in [2.24, 2.45) is 0 Å². The molecular formula is C22H21BrN2O4S. The molecular weight excluding hydrogens is 468 g/mol. The number of hydrogen-bond donors (Lipinski definition) is 2. The molecule has 0 radical (unpaired) electrons. The first-order valence-electron chi connectivity index (χ1n) is 9.18. The van der Waals surface area contributed by atoms with Gasteiger partial charge in [-0.1, -0.05) is 42.5 Å². The first kappa shape index (κ1) is 22.0. The predicted octanol–water partition coefficient (Wildman–Crippen LogP) is 4.23. The summed E-state index contributed by atoms with van der Waals surface area (Å²) in [6.07, 6.45) is 0.546. The number of rotatable bonds is 8. The van der Waals surface area contributed by atoms with E-state index in [1.54, 1.807) is 18.2 Å². The first-order chi connectivity index (χ1) is 14.4. The Morgan fingerprint density at radius 3 is 2.40 bits per heavy atom. The van der Waals surface area contributed by atoms with Crippen LogP contribution < -0.4 is 14.8 Å². The molecule has 156 valence electrons. The number of sulfonamides is 1. The molecule has 6 nitrogen and oxygen atoms in total. The molecule has 3 aromatic carbocycles. The molecule has 0 atom stereocenters. The van der Waals surface area contributed by atoms with Crippen LogP contribution in [0.15, 0.2) is 82.2 Å². The van der Waals surface area contributed by atoms with Crippen LogP contribution in [-0.4, -0.2) is 28.0 Å². The molecule has 0 aliphatic carbocycles. The van der Waals surface area contributed by atoms with Crippen molar-refractivity contribution in [2.75, 3.05) is 19.0 Å². The van der Waals surface area contributed by atoms with E-state index in [2.05, 4.69) is 26.0 Å². The fraction of sp³-hybridized carbons (Fsp3) is 0.136.